The van der Waals surface area contributed by atoms with Crippen molar-refractivity contribution in [3.63, 3.8) is 0 Å². The molecule has 3 aromatic rings. The van der Waals surface area contributed by atoms with Crippen LogP contribution in [0.3, 0.4) is 0 Å². The Labute approximate surface area is 130 Å². The van der Waals surface area contributed by atoms with E-state index in [0.29, 0.717) is 5.78 Å². The molecule has 1 aliphatic carbocycles. The molecule has 0 saturated carbocycles. The molecule has 0 aliphatic heterocycles. The van der Waals surface area contributed by atoms with Crippen molar-refractivity contribution in [2.45, 2.75) is 18.3 Å². The summed E-state index contributed by atoms with van der Waals surface area (Å²) in [6.45, 7) is 0. The van der Waals surface area contributed by atoms with Crippen LogP contribution in [0.4, 0.5) is 0 Å². The molecule has 3 nitrogen and oxygen atoms in total. The maximum atomic E-state index is 13.0. The summed E-state index contributed by atoms with van der Waals surface area (Å²) in [6, 6.07) is 8.14. The van der Waals surface area contributed by atoms with E-state index in [4.69, 9.17) is 0 Å². The van der Waals surface area contributed by atoms with Gasteiger partial charge in [-0.25, -0.2) is 0 Å². The summed E-state index contributed by atoms with van der Waals surface area (Å²) in [5.41, 5.74) is 1.06. The fourth-order valence-electron chi connectivity index (χ4n) is 2.66. The number of nitrogens with zero attached hydrogens (tertiary/aromatic N) is 2. The molecule has 0 fully saturated rings. The maximum absolute atomic E-state index is 13.0. The molecular weight excluding hydrogens is 355 g/mol. The van der Waals surface area contributed by atoms with Gasteiger partial charge in [0.2, 0.25) is 0 Å². The van der Waals surface area contributed by atoms with Crippen molar-refractivity contribution in [3.8, 4) is 0 Å². The van der Waals surface area contributed by atoms with Gasteiger partial charge in [-0.3, -0.25) is 0 Å². The molecule has 6 heteroatoms. The van der Waals surface area contributed by atoms with Gasteiger partial charge in [0.15, 0.2) is 0 Å². The molecule has 0 bridgehead atoms. The molecular formula is C14H10N2OS2Se. The average molecular weight is 365 g/mol. The Morgan fingerprint density at radius 2 is 1.90 bits per heavy atom. The first-order valence-electron chi connectivity index (χ1n) is 6.26. The Hall–Kier alpha value is -1.07. The number of carbonyl (C=O) groups excluding carboxylic acids is 1. The van der Waals surface area contributed by atoms with Gasteiger partial charge in [-0.05, 0) is 0 Å². The van der Waals surface area contributed by atoms with Crippen molar-refractivity contribution in [3.05, 3.63) is 54.9 Å². The number of thiophene rings is 2. The second-order valence-electron chi connectivity index (χ2n) is 4.71. The minimum absolute atomic E-state index is 0.0000692. The zero-order chi connectivity index (χ0) is 13.5. The summed E-state index contributed by atoms with van der Waals surface area (Å²) in [7, 11) is 0. The molecule has 0 radical (unpaired) electrons. The topological polar surface area (TPSA) is 42.9 Å². The van der Waals surface area contributed by atoms with Gasteiger partial charge >= 0.3 is 130 Å². The SMILES string of the molecule is O=C1C(c2cccs2)Cc2nn[se]c2C1c1cccs1. The molecule has 3 aromatic heterocycles. The van der Waals surface area contributed by atoms with Crippen molar-refractivity contribution in [1.82, 2.24) is 9.19 Å². The Morgan fingerprint density at radius 1 is 1.15 bits per heavy atom. The van der Waals surface area contributed by atoms with Crippen LogP contribution in [0.1, 0.15) is 31.7 Å². The molecule has 0 spiro atoms. The van der Waals surface area contributed by atoms with E-state index < -0.39 is 0 Å². The number of hydrogen-bond donors (Lipinski definition) is 0. The standard InChI is InChI=1S/C14H10N2OS2Se/c17-13-8(10-3-1-5-18-10)7-9-14(20-16-15-9)12(13)11-4-2-6-19-11/h1-6,8,12H,7H2. The Morgan fingerprint density at radius 3 is 2.60 bits per heavy atom. The molecule has 20 heavy (non-hydrogen) atoms. The van der Waals surface area contributed by atoms with Crippen molar-refractivity contribution < 1.29 is 4.79 Å². The second kappa shape index (κ2) is 5.04. The van der Waals surface area contributed by atoms with E-state index in [0.717, 1.165) is 21.9 Å². The summed E-state index contributed by atoms with van der Waals surface area (Å²) in [5.74, 6) is 0.164. The minimum atomic E-state index is -0.110. The van der Waals surface area contributed by atoms with Gasteiger partial charge < -0.3 is 0 Å². The number of Topliss-reactive ketones (excluding diaryl/α,β-unsaturated/α-hetero) is 1. The fourth-order valence-corrected chi connectivity index (χ4v) is 6.19. The van der Waals surface area contributed by atoms with Crippen LogP contribution in [0, 0.1) is 0 Å². The summed E-state index contributed by atoms with van der Waals surface area (Å²) in [4.78, 5) is 15.3. The molecule has 0 amide bonds. The number of rotatable bonds is 2. The van der Waals surface area contributed by atoms with Crippen LogP contribution in [-0.4, -0.2) is 29.7 Å². The second-order valence-corrected chi connectivity index (χ2v) is 8.31. The van der Waals surface area contributed by atoms with Gasteiger partial charge in [0.25, 0.3) is 0 Å². The van der Waals surface area contributed by atoms with Crippen LogP contribution in [-0.2, 0) is 11.2 Å². The third kappa shape index (κ3) is 1.95. The van der Waals surface area contributed by atoms with Crippen LogP contribution in [0.2, 0.25) is 0 Å². The van der Waals surface area contributed by atoms with E-state index in [1.165, 1.54) is 4.44 Å². The summed E-state index contributed by atoms with van der Waals surface area (Å²) in [5, 5.41) is 8.37. The molecule has 100 valence electrons. The molecule has 0 N–H and O–H groups in total. The first kappa shape index (κ1) is 12.7. The Bertz CT molecular complexity index is 733. The molecule has 2 unspecified atom stereocenters. The zero-order valence-corrected chi connectivity index (χ0v) is 13.7. The molecule has 0 saturated heterocycles. The molecule has 2 atom stereocenters. The quantitative estimate of drug-likeness (QED) is 0.656. The van der Waals surface area contributed by atoms with Gasteiger partial charge in [0, 0.05) is 0 Å². The van der Waals surface area contributed by atoms with Gasteiger partial charge in [-0.1, -0.05) is 0 Å². The third-order valence-electron chi connectivity index (χ3n) is 3.59. The molecule has 3 heterocycles. The number of carbonyl (C=O) groups is 1. The monoisotopic (exact) mass is 366 g/mol. The number of fused-ring (bicyclic) bond motifs is 1. The third-order valence-corrected chi connectivity index (χ3v) is 7.25. The van der Waals surface area contributed by atoms with Crippen molar-refractivity contribution in [2.75, 3.05) is 0 Å². The van der Waals surface area contributed by atoms with Crippen LogP contribution >= 0.6 is 22.7 Å². The van der Waals surface area contributed by atoms with E-state index in [1.54, 1.807) is 22.7 Å². The van der Waals surface area contributed by atoms with Crippen LogP contribution < -0.4 is 0 Å². The Balaban J connectivity index is 1.84. The Kier molecular flexibility index (Phi) is 3.19. The average Bonchev–Trinajstić information content (AvgIpc) is 3.20. The number of hydrogen-bond acceptors (Lipinski definition) is 5. The van der Waals surface area contributed by atoms with Crippen LogP contribution in [0.15, 0.2) is 35.0 Å². The number of ketones is 1. The van der Waals surface area contributed by atoms with Gasteiger partial charge in [0.05, 0.1) is 0 Å². The van der Waals surface area contributed by atoms with Crippen LogP contribution in [0.5, 0.6) is 0 Å². The van der Waals surface area contributed by atoms with Gasteiger partial charge in [-0.15, -0.1) is 0 Å². The van der Waals surface area contributed by atoms with E-state index in [-0.39, 0.29) is 26.6 Å². The summed E-state index contributed by atoms with van der Waals surface area (Å²) in [6.07, 6.45) is 0.724. The van der Waals surface area contributed by atoms with Gasteiger partial charge in [0.1, 0.15) is 0 Å². The summed E-state index contributed by atoms with van der Waals surface area (Å²) >= 11 is 3.32. The van der Waals surface area contributed by atoms with E-state index in [2.05, 4.69) is 21.3 Å². The molecule has 1 aliphatic rings. The van der Waals surface area contributed by atoms with Gasteiger partial charge in [-0.2, -0.15) is 0 Å². The van der Waals surface area contributed by atoms with Crippen molar-refractivity contribution >= 4 is 43.2 Å². The first-order chi connectivity index (χ1) is 9.84. The number of aromatic nitrogens is 2. The zero-order valence-electron chi connectivity index (χ0n) is 10.4. The molecule has 0 aromatic carbocycles. The predicted octanol–water partition coefficient (Wildman–Crippen LogP) is 2.70. The van der Waals surface area contributed by atoms with E-state index >= 15 is 0 Å². The first-order valence-corrected chi connectivity index (χ1v) is 9.64. The van der Waals surface area contributed by atoms with Crippen molar-refractivity contribution in [1.29, 1.82) is 0 Å². The van der Waals surface area contributed by atoms with Crippen LogP contribution in [0.25, 0.3) is 0 Å². The van der Waals surface area contributed by atoms with E-state index in [9.17, 15) is 4.79 Å². The van der Waals surface area contributed by atoms with Crippen molar-refractivity contribution in [2.24, 2.45) is 0 Å². The fraction of sp³-hybridized carbons (Fsp3) is 0.214. The van der Waals surface area contributed by atoms with E-state index in [1.807, 2.05) is 22.9 Å². The predicted molar refractivity (Wildman–Crippen MR) is 80.9 cm³/mol. The summed E-state index contributed by atoms with van der Waals surface area (Å²) < 4.78 is 5.39. The molecule has 4 rings (SSSR count). The normalized spacial score (nSPS) is 21.9.